The van der Waals surface area contributed by atoms with Crippen LogP contribution in [0.5, 0.6) is 23.0 Å². The molecule has 30 heavy (non-hydrogen) atoms. The molecule has 0 aliphatic heterocycles. The van der Waals surface area contributed by atoms with Crippen molar-refractivity contribution in [3.05, 3.63) is 47.3 Å². The molecular formula is C22H25N3O4S. The van der Waals surface area contributed by atoms with E-state index in [0.717, 1.165) is 16.8 Å². The summed E-state index contributed by atoms with van der Waals surface area (Å²) in [6, 6.07) is 11.4. The molecule has 0 amide bonds. The van der Waals surface area contributed by atoms with Crippen molar-refractivity contribution in [1.82, 2.24) is 4.98 Å². The fourth-order valence-electron chi connectivity index (χ4n) is 2.73. The largest absolute Gasteiger partial charge is 0.493 e. The van der Waals surface area contributed by atoms with Gasteiger partial charge in [-0.2, -0.15) is 5.10 Å². The number of methoxy groups -OCH3 is 3. The summed E-state index contributed by atoms with van der Waals surface area (Å²) in [4.78, 5) is 4.58. The van der Waals surface area contributed by atoms with E-state index in [1.807, 2.05) is 55.6 Å². The molecule has 158 valence electrons. The van der Waals surface area contributed by atoms with Gasteiger partial charge < -0.3 is 18.9 Å². The molecule has 0 atom stereocenters. The summed E-state index contributed by atoms with van der Waals surface area (Å²) in [6.07, 6.45) is 1.78. The van der Waals surface area contributed by atoms with Crippen molar-refractivity contribution in [2.45, 2.75) is 20.0 Å². The quantitative estimate of drug-likeness (QED) is 0.380. The molecule has 8 heteroatoms. The summed E-state index contributed by atoms with van der Waals surface area (Å²) >= 11 is 1.47. The lowest BCUT2D eigenvalue weighted by molar-refractivity contribution is 0.230. The van der Waals surface area contributed by atoms with Crippen LogP contribution in [-0.2, 0) is 0 Å². The van der Waals surface area contributed by atoms with Gasteiger partial charge >= 0.3 is 0 Å². The van der Waals surface area contributed by atoms with Crippen molar-refractivity contribution in [2.24, 2.45) is 5.10 Å². The van der Waals surface area contributed by atoms with E-state index in [0.29, 0.717) is 28.1 Å². The second-order valence-corrected chi connectivity index (χ2v) is 7.41. The van der Waals surface area contributed by atoms with Crippen molar-refractivity contribution in [3.8, 4) is 34.3 Å². The van der Waals surface area contributed by atoms with Gasteiger partial charge in [-0.1, -0.05) is 0 Å². The number of hydrazone groups is 1. The van der Waals surface area contributed by atoms with Crippen molar-refractivity contribution in [2.75, 3.05) is 26.8 Å². The number of benzene rings is 2. The van der Waals surface area contributed by atoms with Crippen LogP contribution in [0.2, 0.25) is 0 Å². The Morgan fingerprint density at radius 2 is 1.63 bits per heavy atom. The number of thiazole rings is 1. The molecule has 0 spiro atoms. The second kappa shape index (κ2) is 9.98. The predicted molar refractivity (Wildman–Crippen MR) is 121 cm³/mol. The molecule has 0 aliphatic rings. The Labute approximate surface area is 180 Å². The maximum absolute atomic E-state index is 5.73. The minimum Gasteiger partial charge on any atom is -0.493 e. The first kappa shape index (κ1) is 21.4. The third-order valence-electron chi connectivity index (χ3n) is 4.11. The summed E-state index contributed by atoms with van der Waals surface area (Å²) in [5.74, 6) is 2.71. The van der Waals surface area contributed by atoms with Crippen molar-refractivity contribution in [3.63, 3.8) is 0 Å². The van der Waals surface area contributed by atoms with Crippen molar-refractivity contribution in [1.29, 1.82) is 0 Å². The van der Waals surface area contributed by atoms with Crippen LogP contribution in [0, 0.1) is 0 Å². The maximum Gasteiger partial charge on any atom is 0.203 e. The SMILES string of the molecule is COc1ccc(-c2csc(N/N=C\c3ccc(OC(C)C)c(OC)c3)n2)cc1OC. The molecule has 7 nitrogen and oxygen atoms in total. The number of rotatable bonds is 9. The highest BCUT2D eigenvalue weighted by molar-refractivity contribution is 7.14. The van der Waals surface area contributed by atoms with Crippen LogP contribution in [0.3, 0.4) is 0 Å². The van der Waals surface area contributed by atoms with Crippen LogP contribution in [-0.4, -0.2) is 38.6 Å². The van der Waals surface area contributed by atoms with E-state index >= 15 is 0 Å². The molecule has 1 N–H and O–H groups in total. The summed E-state index contributed by atoms with van der Waals surface area (Å²) in [6.45, 7) is 3.95. The highest BCUT2D eigenvalue weighted by Crippen LogP contribution is 2.33. The van der Waals surface area contributed by atoms with Crippen LogP contribution in [0.25, 0.3) is 11.3 Å². The Balaban J connectivity index is 1.69. The topological polar surface area (TPSA) is 74.2 Å². The van der Waals surface area contributed by atoms with Crippen LogP contribution in [0.15, 0.2) is 46.9 Å². The molecule has 0 saturated heterocycles. The van der Waals surface area contributed by atoms with Crippen molar-refractivity contribution < 1.29 is 18.9 Å². The minimum absolute atomic E-state index is 0.0739. The molecule has 0 unspecified atom stereocenters. The molecule has 0 radical (unpaired) electrons. The van der Waals surface area contributed by atoms with E-state index in [-0.39, 0.29) is 6.10 Å². The number of ether oxygens (including phenoxy) is 4. The van der Waals surface area contributed by atoms with Gasteiger partial charge in [-0.3, -0.25) is 5.43 Å². The highest BCUT2D eigenvalue weighted by atomic mass is 32.1. The van der Waals surface area contributed by atoms with Gasteiger partial charge in [0.15, 0.2) is 23.0 Å². The van der Waals surface area contributed by atoms with Gasteiger partial charge in [-0.05, 0) is 55.8 Å². The lowest BCUT2D eigenvalue weighted by Crippen LogP contribution is -2.06. The van der Waals surface area contributed by atoms with Gasteiger partial charge in [0.1, 0.15) is 0 Å². The second-order valence-electron chi connectivity index (χ2n) is 6.55. The van der Waals surface area contributed by atoms with Gasteiger partial charge in [-0.15, -0.1) is 11.3 Å². The number of nitrogens with one attached hydrogen (secondary N) is 1. The van der Waals surface area contributed by atoms with Gasteiger partial charge in [0.25, 0.3) is 0 Å². The first-order valence-corrected chi connectivity index (χ1v) is 10.2. The first-order valence-electron chi connectivity index (χ1n) is 9.35. The zero-order chi connectivity index (χ0) is 21.5. The minimum atomic E-state index is 0.0739. The predicted octanol–water partition coefficient (Wildman–Crippen LogP) is 5.07. The van der Waals surface area contributed by atoms with E-state index < -0.39 is 0 Å². The number of hydrogen-bond donors (Lipinski definition) is 1. The van der Waals surface area contributed by atoms with Gasteiger partial charge in [0.05, 0.1) is 39.3 Å². The van der Waals surface area contributed by atoms with E-state index in [1.54, 1.807) is 27.5 Å². The van der Waals surface area contributed by atoms with Crippen LogP contribution >= 0.6 is 11.3 Å². The Morgan fingerprint density at radius 1 is 0.933 bits per heavy atom. The molecule has 0 bridgehead atoms. The number of aromatic nitrogens is 1. The monoisotopic (exact) mass is 427 g/mol. The summed E-state index contributed by atoms with van der Waals surface area (Å²) < 4.78 is 21.8. The van der Waals surface area contributed by atoms with E-state index in [2.05, 4.69) is 15.5 Å². The molecule has 3 rings (SSSR count). The molecule has 0 saturated carbocycles. The van der Waals surface area contributed by atoms with Gasteiger partial charge in [-0.25, -0.2) is 4.98 Å². The molecule has 1 heterocycles. The number of hydrogen-bond acceptors (Lipinski definition) is 8. The summed E-state index contributed by atoms with van der Waals surface area (Å²) in [7, 11) is 4.84. The average molecular weight is 428 g/mol. The van der Waals surface area contributed by atoms with E-state index in [9.17, 15) is 0 Å². The lowest BCUT2D eigenvalue weighted by Gasteiger charge is -2.13. The smallest absolute Gasteiger partial charge is 0.203 e. The zero-order valence-corrected chi connectivity index (χ0v) is 18.4. The molecule has 0 fully saturated rings. The van der Waals surface area contributed by atoms with Crippen molar-refractivity contribution >= 4 is 22.7 Å². The fourth-order valence-corrected chi connectivity index (χ4v) is 3.40. The number of anilines is 1. The Bertz CT molecular complexity index is 1020. The number of nitrogens with zero attached hydrogens (tertiary/aromatic N) is 2. The standard InChI is InChI=1S/C22H25N3O4S/c1-14(2)29-19-8-6-15(10-20(19)27-4)12-23-25-22-24-17(13-30-22)16-7-9-18(26-3)21(11-16)28-5/h6-14H,1-5H3,(H,24,25)/b23-12-. The molecule has 1 aromatic heterocycles. The summed E-state index contributed by atoms with van der Waals surface area (Å²) in [5, 5.41) is 6.92. The fraction of sp³-hybridized carbons (Fsp3) is 0.273. The Morgan fingerprint density at radius 3 is 2.33 bits per heavy atom. The van der Waals surface area contributed by atoms with Crippen LogP contribution in [0.1, 0.15) is 19.4 Å². The molecule has 2 aromatic carbocycles. The Kier molecular flexibility index (Phi) is 7.13. The van der Waals surface area contributed by atoms with Gasteiger partial charge in [0.2, 0.25) is 5.13 Å². The third-order valence-corrected chi connectivity index (χ3v) is 4.85. The lowest BCUT2D eigenvalue weighted by atomic mass is 10.1. The normalized spacial score (nSPS) is 11.0. The van der Waals surface area contributed by atoms with Crippen LogP contribution in [0.4, 0.5) is 5.13 Å². The zero-order valence-electron chi connectivity index (χ0n) is 17.6. The average Bonchev–Trinajstić information content (AvgIpc) is 3.22. The van der Waals surface area contributed by atoms with E-state index in [1.165, 1.54) is 11.3 Å². The van der Waals surface area contributed by atoms with Gasteiger partial charge in [0, 0.05) is 10.9 Å². The molecule has 3 aromatic rings. The van der Waals surface area contributed by atoms with Crippen LogP contribution < -0.4 is 24.4 Å². The third kappa shape index (κ3) is 5.21. The summed E-state index contributed by atoms with van der Waals surface area (Å²) in [5.41, 5.74) is 5.61. The van der Waals surface area contributed by atoms with E-state index in [4.69, 9.17) is 18.9 Å². The highest BCUT2D eigenvalue weighted by Gasteiger charge is 2.10. The Hall–Kier alpha value is -3.26. The maximum atomic E-state index is 5.73. The molecule has 0 aliphatic carbocycles. The first-order chi connectivity index (χ1) is 14.5. The molecular weight excluding hydrogens is 402 g/mol.